The van der Waals surface area contributed by atoms with Crippen molar-refractivity contribution in [3.8, 4) is 0 Å². The normalized spacial score (nSPS) is 52.3. The van der Waals surface area contributed by atoms with Crippen LogP contribution in [0.5, 0.6) is 0 Å². The second-order valence-corrected chi connectivity index (χ2v) is 9.82. The Bertz CT molecular complexity index is 654. The minimum Gasteiger partial charge on any atom is -0.382 e. The first-order valence-corrected chi connectivity index (χ1v) is 9.91. The summed E-state index contributed by atoms with van der Waals surface area (Å²) in [6.45, 7) is 5.83. The summed E-state index contributed by atoms with van der Waals surface area (Å²) in [4.78, 5) is 37.5. The summed E-state index contributed by atoms with van der Waals surface area (Å²) in [6.07, 6.45) is 5.52. The van der Waals surface area contributed by atoms with Crippen LogP contribution in [0.4, 0.5) is 0 Å². The van der Waals surface area contributed by atoms with E-state index in [-0.39, 0.29) is 40.2 Å². The molecule has 0 heterocycles. The number of hydrogen-bond donors (Lipinski definition) is 1. The molecule has 4 aliphatic rings. The van der Waals surface area contributed by atoms with Gasteiger partial charge >= 0.3 is 0 Å². The van der Waals surface area contributed by atoms with Crippen LogP contribution in [-0.2, 0) is 14.4 Å². The van der Waals surface area contributed by atoms with Gasteiger partial charge in [-0.05, 0) is 68.6 Å². The van der Waals surface area contributed by atoms with E-state index in [0.29, 0.717) is 37.4 Å². The van der Waals surface area contributed by atoms with E-state index in [9.17, 15) is 19.5 Å². The molecule has 0 saturated heterocycles. The lowest BCUT2D eigenvalue weighted by atomic mass is 9.44. The average Bonchev–Trinajstić information content (AvgIpc) is 2.85. The van der Waals surface area contributed by atoms with E-state index in [4.69, 9.17) is 0 Å². The lowest BCUT2D eigenvalue weighted by molar-refractivity contribution is -0.172. The van der Waals surface area contributed by atoms with Gasteiger partial charge in [0.15, 0.2) is 5.78 Å². The van der Waals surface area contributed by atoms with Gasteiger partial charge < -0.3 is 5.11 Å². The quantitative estimate of drug-likeness (QED) is 0.792. The number of aliphatic hydroxyl groups is 1. The highest BCUT2D eigenvalue weighted by Gasteiger charge is 2.64. The van der Waals surface area contributed by atoms with E-state index in [1.807, 2.05) is 0 Å². The third-order valence-electron chi connectivity index (χ3n) is 8.90. The molecule has 0 amide bonds. The number of fused-ring (bicyclic) bond motifs is 5. The standard InChI is InChI=1S/C21H30O4/c1-12(22)21(25)9-8-19(2)13(11-21)10-16(23)18-14-4-5-17(24)20(14,3)7-6-15(18)19/h13-15,18,25H,4-11H2,1-3H3/t13-,14+,15+,18-,19-,20-,21-/m0/s1. The van der Waals surface area contributed by atoms with E-state index >= 15 is 0 Å². The summed E-state index contributed by atoms with van der Waals surface area (Å²) in [5.74, 6) is 1.08. The highest BCUT2D eigenvalue weighted by atomic mass is 16.3. The van der Waals surface area contributed by atoms with Gasteiger partial charge in [0.2, 0.25) is 0 Å². The Hall–Kier alpha value is -1.03. The Morgan fingerprint density at radius 3 is 2.48 bits per heavy atom. The first-order chi connectivity index (χ1) is 11.6. The van der Waals surface area contributed by atoms with Gasteiger partial charge in [-0.1, -0.05) is 13.8 Å². The molecular weight excluding hydrogens is 316 g/mol. The number of hydrogen-bond acceptors (Lipinski definition) is 4. The van der Waals surface area contributed by atoms with Crippen LogP contribution in [0.15, 0.2) is 0 Å². The molecule has 4 nitrogen and oxygen atoms in total. The fraction of sp³-hybridized carbons (Fsp3) is 0.857. The molecule has 25 heavy (non-hydrogen) atoms. The third-order valence-corrected chi connectivity index (χ3v) is 8.90. The Balaban J connectivity index is 1.67. The Morgan fingerprint density at radius 2 is 1.80 bits per heavy atom. The van der Waals surface area contributed by atoms with Crippen LogP contribution in [0, 0.1) is 34.5 Å². The van der Waals surface area contributed by atoms with Gasteiger partial charge in [-0.15, -0.1) is 0 Å². The van der Waals surface area contributed by atoms with Crippen molar-refractivity contribution in [1.29, 1.82) is 0 Å². The smallest absolute Gasteiger partial charge is 0.161 e. The molecule has 0 bridgehead atoms. The second kappa shape index (κ2) is 5.25. The Labute approximate surface area is 149 Å². The first kappa shape index (κ1) is 17.4. The van der Waals surface area contributed by atoms with Gasteiger partial charge in [-0.25, -0.2) is 0 Å². The topological polar surface area (TPSA) is 71.4 Å². The molecule has 138 valence electrons. The maximum atomic E-state index is 13.1. The summed E-state index contributed by atoms with van der Waals surface area (Å²) >= 11 is 0. The highest BCUT2D eigenvalue weighted by Crippen LogP contribution is 2.65. The molecule has 4 rings (SSSR count). The van der Waals surface area contributed by atoms with Crippen LogP contribution in [0.2, 0.25) is 0 Å². The largest absolute Gasteiger partial charge is 0.382 e. The van der Waals surface area contributed by atoms with Crippen LogP contribution in [-0.4, -0.2) is 28.1 Å². The zero-order valence-electron chi connectivity index (χ0n) is 15.6. The monoisotopic (exact) mass is 346 g/mol. The van der Waals surface area contributed by atoms with Gasteiger partial charge in [0.25, 0.3) is 0 Å². The van der Waals surface area contributed by atoms with Crippen molar-refractivity contribution in [3.63, 3.8) is 0 Å². The van der Waals surface area contributed by atoms with Crippen LogP contribution in [0.25, 0.3) is 0 Å². The molecule has 0 aromatic carbocycles. The van der Waals surface area contributed by atoms with Gasteiger partial charge in [-0.3, -0.25) is 14.4 Å². The first-order valence-electron chi connectivity index (χ1n) is 9.91. The minimum absolute atomic E-state index is 0.00717. The molecule has 0 aromatic heterocycles. The van der Waals surface area contributed by atoms with Crippen molar-refractivity contribution < 1.29 is 19.5 Å². The molecule has 4 aliphatic carbocycles. The molecule has 0 aromatic rings. The summed E-state index contributed by atoms with van der Waals surface area (Å²) in [5.41, 5.74) is -1.54. The predicted octanol–water partition coefficient (Wildman–Crippen LogP) is 3.10. The van der Waals surface area contributed by atoms with Crippen LogP contribution in [0.1, 0.15) is 72.1 Å². The second-order valence-electron chi connectivity index (χ2n) is 9.82. The van der Waals surface area contributed by atoms with E-state index in [2.05, 4.69) is 13.8 Å². The fourth-order valence-corrected chi connectivity index (χ4v) is 7.02. The Kier molecular flexibility index (Phi) is 3.65. The minimum atomic E-state index is -1.25. The average molecular weight is 346 g/mol. The number of carbonyl (C=O) groups is 3. The Morgan fingerprint density at radius 1 is 1.08 bits per heavy atom. The third kappa shape index (κ3) is 2.19. The van der Waals surface area contributed by atoms with Crippen molar-refractivity contribution in [2.75, 3.05) is 0 Å². The van der Waals surface area contributed by atoms with Crippen molar-refractivity contribution in [3.05, 3.63) is 0 Å². The van der Waals surface area contributed by atoms with Crippen LogP contribution < -0.4 is 0 Å². The molecule has 0 radical (unpaired) electrons. The molecule has 0 spiro atoms. The lowest BCUT2D eigenvalue weighted by Gasteiger charge is -2.60. The summed E-state index contributed by atoms with van der Waals surface area (Å²) in [7, 11) is 0. The maximum absolute atomic E-state index is 13.1. The molecule has 0 aliphatic heterocycles. The molecule has 4 saturated carbocycles. The zero-order chi connectivity index (χ0) is 18.2. The molecule has 4 fully saturated rings. The molecule has 4 heteroatoms. The molecular formula is C21H30O4. The predicted molar refractivity (Wildman–Crippen MR) is 92.8 cm³/mol. The summed E-state index contributed by atoms with van der Waals surface area (Å²) in [6, 6.07) is 0. The van der Waals surface area contributed by atoms with E-state index in [1.54, 1.807) is 0 Å². The van der Waals surface area contributed by atoms with Crippen molar-refractivity contribution in [2.45, 2.75) is 77.7 Å². The van der Waals surface area contributed by atoms with E-state index in [1.165, 1.54) is 6.92 Å². The SMILES string of the molecule is CC(=O)[C@]1(O)CC[C@@]2(C)[C@@H](CC(=O)[C@@H]3[C@H]2CC[C@]2(C)C(=O)CC[C@H]32)C1. The van der Waals surface area contributed by atoms with E-state index in [0.717, 1.165) is 25.7 Å². The molecule has 1 N–H and O–H groups in total. The summed E-state index contributed by atoms with van der Waals surface area (Å²) in [5, 5.41) is 10.7. The molecule has 0 unspecified atom stereocenters. The van der Waals surface area contributed by atoms with Gasteiger partial charge in [0, 0.05) is 24.2 Å². The summed E-state index contributed by atoms with van der Waals surface area (Å²) < 4.78 is 0. The maximum Gasteiger partial charge on any atom is 0.161 e. The van der Waals surface area contributed by atoms with Crippen molar-refractivity contribution in [1.82, 2.24) is 0 Å². The highest BCUT2D eigenvalue weighted by molar-refractivity contribution is 5.91. The zero-order valence-corrected chi connectivity index (χ0v) is 15.6. The van der Waals surface area contributed by atoms with Crippen molar-refractivity contribution in [2.24, 2.45) is 34.5 Å². The van der Waals surface area contributed by atoms with Gasteiger partial charge in [0.1, 0.15) is 17.2 Å². The van der Waals surface area contributed by atoms with Crippen LogP contribution in [0.3, 0.4) is 0 Å². The molecule has 7 atom stereocenters. The number of rotatable bonds is 1. The van der Waals surface area contributed by atoms with Gasteiger partial charge in [-0.2, -0.15) is 0 Å². The number of Topliss-reactive ketones (excluding diaryl/α,β-unsaturated/α-hetero) is 3. The lowest BCUT2D eigenvalue weighted by Crippen LogP contribution is -2.59. The number of ketones is 3. The van der Waals surface area contributed by atoms with Crippen LogP contribution >= 0.6 is 0 Å². The number of carbonyl (C=O) groups excluding carboxylic acids is 3. The van der Waals surface area contributed by atoms with E-state index < -0.39 is 5.60 Å². The van der Waals surface area contributed by atoms with Crippen molar-refractivity contribution >= 4 is 17.3 Å². The van der Waals surface area contributed by atoms with Gasteiger partial charge in [0.05, 0.1) is 0 Å². The fourth-order valence-electron chi connectivity index (χ4n) is 7.02.